The number of rotatable bonds is 2. The van der Waals surface area contributed by atoms with Gasteiger partial charge in [0.15, 0.2) is 0 Å². The van der Waals surface area contributed by atoms with Gasteiger partial charge in [0.1, 0.15) is 22.2 Å². The van der Waals surface area contributed by atoms with Crippen LogP contribution in [0.2, 0.25) is 0 Å². The van der Waals surface area contributed by atoms with Crippen molar-refractivity contribution in [1.29, 1.82) is 5.41 Å². The summed E-state index contributed by atoms with van der Waals surface area (Å²) in [6.07, 6.45) is 4.82. The Morgan fingerprint density at radius 1 is 1.20 bits per heavy atom. The van der Waals surface area contributed by atoms with Crippen molar-refractivity contribution >= 4 is 34.7 Å². The summed E-state index contributed by atoms with van der Waals surface area (Å²) in [7, 11) is 1.92. The first kappa shape index (κ1) is 24.8. The van der Waals surface area contributed by atoms with Crippen molar-refractivity contribution in [2.75, 3.05) is 51.5 Å². The minimum Gasteiger partial charge on any atom is -0.386 e. The number of carbonyl (C=O) groups is 2. The van der Waals surface area contributed by atoms with Gasteiger partial charge in [-0.1, -0.05) is 0 Å². The molecule has 12 heteroatoms. The molecule has 0 aliphatic carbocycles. The maximum Gasteiger partial charge on any atom is 0.275 e. The van der Waals surface area contributed by atoms with E-state index >= 15 is 0 Å². The smallest absolute Gasteiger partial charge is 0.275 e. The van der Waals surface area contributed by atoms with Gasteiger partial charge in [0.05, 0.1) is 18.9 Å². The van der Waals surface area contributed by atoms with Crippen molar-refractivity contribution in [1.82, 2.24) is 25.9 Å². The summed E-state index contributed by atoms with van der Waals surface area (Å²) in [6.45, 7) is 2.87. The van der Waals surface area contributed by atoms with Crippen LogP contribution >= 0.6 is 11.3 Å². The zero-order valence-corrected chi connectivity index (χ0v) is 20.3. The first-order valence-electron chi connectivity index (χ1n) is 11.4. The fraction of sp³-hybridized carbons (Fsp3) is 0.435. The third-order valence-electron chi connectivity index (χ3n) is 5.65. The van der Waals surface area contributed by atoms with Crippen LogP contribution in [-0.2, 0) is 14.3 Å². The second kappa shape index (κ2) is 11.9. The number of nitrogens with zero attached hydrogens (tertiary/aromatic N) is 3. The second-order valence-corrected chi connectivity index (χ2v) is 9.03. The van der Waals surface area contributed by atoms with E-state index in [9.17, 15) is 9.59 Å². The zero-order chi connectivity index (χ0) is 24.6. The van der Waals surface area contributed by atoms with Crippen LogP contribution in [0.1, 0.15) is 23.3 Å². The number of anilines is 1. The number of fused-ring (bicyclic) bond motifs is 5. The predicted molar refractivity (Wildman–Crippen MR) is 133 cm³/mol. The Kier molecular flexibility index (Phi) is 8.40. The van der Waals surface area contributed by atoms with E-state index in [2.05, 4.69) is 25.9 Å². The Morgan fingerprint density at radius 2 is 2.00 bits per heavy atom. The molecule has 2 aromatic rings. The monoisotopic (exact) mass is 499 g/mol. The van der Waals surface area contributed by atoms with Crippen LogP contribution in [0.25, 0.3) is 10.6 Å². The van der Waals surface area contributed by atoms with Gasteiger partial charge in [-0.15, -0.1) is 11.3 Å². The molecule has 2 amide bonds. The minimum absolute atomic E-state index is 0.0726. The average molecular weight is 500 g/mol. The fourth-order valence-electron chi connectivity index (χ4n) is 3.56. The minimum atomic E-state index is -0.606. The molecule has 11 nitrogen and oxygen atoms in total. The predicted octanol–water partition coefficient (Wildman–Crippen LogP) is 1.15. The van der Waals surface area contributed by atoms with Crippen molar-refractivity contribution in [2.45, 2.75) is 18.9 Å². The molecule has 0 unspecified atom stereocenters. The molecule has 4 heterocycles. The molecule has 0 radical (unpaired) electrons. The van der Waals surface area contributed by atoms with Crippen molar-refractivity contribution in [2.24, 2.45) is 0 Å². The quantitative estimate of drug-likeness (QED) is 0.482. The van der Waals surface area contributed by atoms with Gasteiger partial charge >= 0.3 is 0 Å². The molecule has 0 aromatic carbocycles. The first-order valence-corrected chi connectivity index (χ1v) is 12.3. The van der Waals surface area contributed by atoms with Gasteiger partial charge in [-0.25, -0.2) is 9.97 Å². The SMILES string of the molecule is CN1CCOCCNC(=O)C(=N)/C(=C\NC2CCOCC2)NC(=O)c2csc(n2)-c2ccnc1c2. The normalized spacial score (nSPS) is 20.1. The molecule has 0 saturated carbocycles. The van der Waals surface area contributed by atoms with Crippen molar-refractivity contribution in [3.63, 3.8) is 0 Å². The number of likely N-dealkylation sites (N-methyl/N-ethyl adjacent to an activating group) is 1. The number of carbonyl (C=O) groups excluding carboxylic acids is 2. The van der Waals surface area contributed by atoms with Crippen LogP contribution in [-0.4, -0.2) is 80.1 Å². The number of amides is 2. The zero-order valence-electron chi connectivity index (χ0n) is 19.5. The van der Waals surface area contributed by atoms with E-state index in [0.29, 0.717) is 38.0 Å². The molecule has 2 aliphatic rings. The Balaban J connectivity index is 1.59. The maximum absolute atomic E-state index is 13.0. The Morgan fingerprint density at radius 3 is 2.83 bits per heavy atom. The van der Waals surface area contributed by atoms with Crippen LogP contribution in [0.4, 0.5) is 5.82 Å². The largest absolute Gasteiger partial charge is 0.386 e. The van der Waals surface area contributed by atoms with Crippen LogP contribution in [0, 0.1) is 5.41 Å². The Labute approximate surface area is 207 Å². The van der Waals surface area contributed by atoms with Crippen LogP contribution in [0.3, 0.4) is 0 Å². The molecule has 186 valence electrons. The molecule has 2 aromatic heterocycles. The fourth-order valence-corrected chi connectivity index (χ4v) is 4.36. The third kappa shape index (κ3) is 6.62. The number of pyridine rings is 1. The summed E-state index contributed by atoms with van der Waals surface area (Å²) >= 11 is 1.34. The number of hydrogen-bond donors (Lipinski definition) is 4. The van der Waals surface area contributed by atoms with E-state index in [1.165, 1.54) is 17.5 Å². The summed E-state index contributed by atoms with van der Waals surface area (Å²) in [5, 5.41) is 19.3. The number of nitrogens with one attached hydrogen (secondary N) is 4. The van der Waals surface area contributed by atoms with Gasteiger partial charge < -0.3 is 30.3 Å². The lowest BCUT2D eigenvalue weighted by molar-refractivity contribution is -0.115. The number of hydrogen-bond acceptors (Lipinski definition) is 10. The van der Waals surface area contributed by atoms with E-state index in [-0.39, 0.29) is 29.7 Å². The number of thiazole rings is 1. The highest BCUT2D eigenvalue weighted by Crippen LogP contribution is 2.26. The molecule has 4 N–H and O–H groups in total. The summed E-state index contributed by atoms with van der Waals surface area (Å²) in [6, 6.07) is 3.90. The van der Waals surface area contributed by atoms with Gasteiger partial charge in [0, 0.05) is 62.7 Å². The molecular formula is C23H29N7O4S. The standard InChI is InChI=1S/C23H29N7O4S/c1-30-7-11-34-10-6-26-22(32)20(24)17(13-27-16-3-8-33-9-4-16)28-21(31)18-14-35-23(29-18)15-2-5-25-19(30)12-15/h2,5,12-14,16,24,27H,3-4,6-11H2,1H3,(H,26,32)(H,28,31)/b17-13+,24-20?. The van der Waals surface area contributed by atoms with E-state index in [1.807, 2.05) is 24.1 Å². The molecule has 0 spiro atoms. The molecule has 4 rings (SSSR count). The number of aromatic nitrogens is 2. The van der Waals surface area contributed by atoms with Crippen molar-refractivity contribution in [3.8, 4) is 10.6 Å². The summed E-state index contributed by atoms with van der Waals surface area (Å²) in [5.41, 5.74) is 0.768. The van der Waals surface area contributed by atoms with Crippen molar-refractivity contribution in [3.05, 3.63) is 41.3 Å². The molecule has 1 fully saturated rings. The van der Waals surface area contributed by atoms with E-state index < -0.39 is 11.8 Å². The lowest BCUT2D eigenvalue weighted by atomic mass is 10.1. The van der Waals surface area contributed by atoms with E-state index in [0.717, 1.165) is 24.2 Å². The molecular weight excluding hydrogens is 470 g/mol. The molecule has 1 saturated heterocycles. The molecule has 35 heavy (non-hydrogen) atoms. The highest BCUT2D eigenvalue weighted by Gasteiger charge is 2.21. The van der Waals surface area contributed by atoms with E-state index in [4.69, 9.17) is 14.9 Å². The highest BCUT2D eigenvalue weighted by molar-refractivity contribution is 7.13. The third-order valence-corrected chi connectivity index (χ3v) is 6.54. The number of ether oxygens (including phenoxy) is 2. The topological polar surface area (TPSA) is 142 Å². The van der Waals surface area contributed by atoms with Gasteiger partial charge in [0.2, 0.25) is 0 Å². The Bertz CT molecular complexity index is 1100. The van der Waals surface area contributed by atoms with Crippen LogP contribution < -0.4 is 20.9 Å². The van der Waals surface area contributed by atoms with Gasteiger partial charge in [0.25, 0.3) is 11.8 Å². The lowest BCUT2D eigenvalue weighted by Gasteiger charge is -2.23. The Hall–Kier alpha value is -3.35. The van der Waals surface area contributed by atoms with Gasteiger partial charge in [-0.3, -0.25) is 15.0 Å². The van der Waals surface area contributed by atoms with Gasteiger partial charge in [-0.05, 0) is 25.0 Å². The van der Waals surface area contributed by atoms with Crippen LogP contribution in [0.5, 0.6) is 0 Å². The molecule has 0 atom stereocenters. The van der Waals surface area contributed by atoms with Crippen LogP contribution in [0.15, 0.2) is 35.6 Å². The summed E-state index contributed by atoms with van der Waals surface area (Å²) in [5.74, 6) is -0.342. The summed E-state index contributed by atoms with van der Waals surface area (Å²) in [4.78, 5) is 36.5. The highest BCUT2D eigenvalue weighted by atomic mass is 32.1. The summed E-state index contributed by atoms with van der Waals surface area (Å²) < 4.78 is 11.0. The maximum atomic E-state index is 13.0. The van der Waals surface area contributed by atoms with E-state index in [1.54, 1.807) is 11.6 Å². The lowest BCUT2D eigenvalue weighted by Crippen LogP contribution is -2.40. The second-order valence-electron chi connectivity index (χ2n) is 8.17. The molecule has 2 aliphatic heterocycles. The molecule has 4 bridgehead atoms. The van der Waals surface area contributed by atoms with Crippen molar-refractivity contribution < 1.29 is 19.1 Å². The first-order chi connectivity index (χ1) is 17.0. The average Bonchev–Trinajstić information content (AvgIpc) is 3.38. The van der Waals surface area contributed by atoms with Gasteiger partial charge in [-0.2, -0.15) is 0 Å².